The minimum Gasteiger partial charge on any atom is -0.507 e. The molecule has 4 N–H and O–H groups in total. The molecular weight excluding hydrogens is 344 g/mol. The van der Waals surface area contributed by atoms with Crippen molar-refractivity contribution in [2.24, 2.45) is 0 Å². The molecule has 0 fully saturated rings. The average Bonchev–Trinajstić information content (AvgIpc) is 2.48. The molecule has 8 heteroatoms. The van der Waals surface area contributed by atoms with Gasteiger partial charge in [0, 0.05) is 21.9 Å². The number of phenolic OH excluding ortho intramolecular Hbond substituents is 4. The third-order valence-corrected chi connectivity index (χ3v) is 4.96. The molecule has 0 aliphatic carbocycles. The Balaban J connectivity index is 2.74. The fourth-order valence-electron chi connectivity index (χ4n) is 1.81. The Kier molecular flexibility index (Phi) is 4.74. The number of hydrogen-bond acceptors (Lipinski definition) is 7. The zero-order valence-electron chi connectivity index (χ0n) is 10.9. The topological polar surface area (TPSA) is 98.0 Å². The Morgan fingerprint density at radius 2 is 1.14 bits per heavy atom. The number of rotatable bonds is 4. The molecule has 2 rings (SSSR count). The molecule has 0 amide bonds. The number of aromatic hydroxyl groups is 4. The lowest BCUT2D eigenvalue weighted by Crippen LogP contribution is -1.99. The standard InChI is InChI=1S/C14H10O5S3/c15-9-3-1-7(5-20)11(17)13(9)22(19)14-10(16)4-2-8(6-21)12(14)18/h1-6,15-18H. The molecule has 22 heavy (non-hydrogen) atoms. The first-order valence-corrected chi connectivity index (χ1v) is 7.93. The van der Waals surface area contributed by atoms with Gasteiger partial charge in [0.2, 0.25) is 0 Å². The van der Waals surface area contributed by atoms with Gasteiger partial charge in [-0.15, -0.1) is 0 Å². The van der Waals surface area contributed by atoms with Crippen LogP contribution < -0.4 is 0 Å². The Bertz CT molecular complexity index is 736. The molecule has 0 aliphatic rings. The molecular formula is C14H10O5S3. The van der Waals surface area contributed by atoms with Gasteiger partial charge in [0.05, 0.1) is 0 Å². The molecule has 0 saturated carbocycles. The molecule has 0 heterocycles. The molecule has 114 valence electrons. The minimum absolute atomic E-state index is 0.182. The van der Waals surface area contributed by atoms with Gasteiger partial charge in [-0.25, -0.2) is 4.21 Å². The van der Waals surface area contributed by atoms with E-state index >= 15 is 0 Å². The Morgan fingerprint density at radius 1 is 0.773 bits per heavy atom. The lowest BCUT2D eigenvalue weighted by molar-refractivity contribution is 0.420. The van der Waals surface area contributed by atoms with Gasteiger partial charge in [0.15, 0.2) is 0 Å². The van der Waals surface area contributed by atoms with Crippen LogP contribution in [-0.2, 0) is 10.8 Å². The van der Waals surface area contributed by atoms with Gasteiger partial charge in [0.25, 0.3) is 0 Å². The van der Waals surface area contributed by atoms with Crippen LogP contribution in [0.15, 0.2) is 34.1 Å². The van der Waals surface area contributed by atoms with E-state index in [1.54, 1.807) is 0 Å². The van der Waals surface area contributed by atoms with E-state index in [0.717, 1.165) is 10.7 Å². The maximum absolute atomic E-state index is 12.6. The summed E-state index contributed by atoms with van der Waals surface area (Å²) in [6.45, 7) is 0. The molecule has 0 bridgehead atoms. The molecule has 2 aromatic carbocycles. The largest absolute Gasteiger partial charge is 0.507 e. The summed E-state index contributed by atoms with van der Waals surface area (Å²) in [7, 11) is -2.25. The van der Waals surface area contributed by atoms with Crippen molar-refractivity contribution in [3.05, 3.63) is 35.4 Å². The second kappa shape index (κ2) is 6.39. The zero-order valence-corrected chi connectivity index (χ0v) is 13.3. The number of phenols is 4. The molecule has 2 aromatic rings. The van der Waals surface area contributed by atoms with E-state index in [4.69, 9.17) is 24.4 Å². The summed E-state index contributed by atoms with van der Waals surface area (Å²) in [5, 5.41) is 42.2. The highest BCUT2D eigenvalue weighted by atomic mass is 32.2. The van der Waals surface area contributed by atoms with E-state index in [0.29, 0.717) is 0 Å². The third-order valence-electron chi connectivity index (χ3n) is 2.91. The van der Waals surface area contributed by atoms with Crippen molar-refractivity contribution in [1.82, 2.24) is 0 Å². The maximum atomic E-state index is 12.6. The zero-order chi connectivity index (χ0) is 16.4. The van der Waals surface area contributed by atoms with Crippen LogP contribution in [0.2, 0.25) is 0 Å². The van der Waals surface area contributed by atoms with Crippen LogP contribution in [0.1, 0.15) is 11.1 Å². The van der Waals surface area contributed by atoms with Crippen LogP contribution in [0.4, 0.5) is 0 Å². The fourth-order valence-corrected chi connectivity index (χ4v) is 3.50. The van der Waals surface area contributed by atoms with Gasteiger partial charge in [-0.3, -0.25) is 0 Å². The summed E-state index contributed by atoms with van der Waals surface area (Å²) in [5.74, 6) is -1.88. The van der Waals surface area contributed by atoms with Crippen LogP contribution in [-0.4, -0.2) is 35.4 Å². The fraction of sp³-hybridized carbons (Fsp3) is 0. The van der Waals surface area contributed by atoms with Crippen LogP contribution >= 0.6 is 24.4 Å². The summed E-state index contributed by atoms with van der Waals surface area (Å²) in [6, 6.07) is 5.13. The SMILES string of the molecule is O=S(c1c(O)ccc(C=S)c1O)c1c(O)ccc(C=S)c1O. The Hall–Kier alpha value is -2.03. The smallest absolute Gasteiger partial charge is 0.143 e. The van der Waals surface area contributed by atoms with E-state index in [9.17, 15) is 24.6 Å². The average molecular weight is 354 g/mol. The van der Waals surface area contributed by atoms with Crippen LogP contribution in [0.5, 0.6) is 23.0 Å². The maximum Gasteiger partial charge on any atom is 0.143 e. The van der Waals surface area contributed by atoms with Gasteiger partial charge >= 0.3 is 0 Å². The van der Waals surface area contributed by atoms with Crippen molar-refractivity contribution in [2.75, 3.05) is 0 Å². The molecule has 0 radical (unpaired) electrons. The minimum atomic E-state index is -2.25. The summed E-state index contributed by atoms with van der Waals surface area (Å²) in [5.41, 5.74) is 0.363. The molecule has 0 unspecified atom stereocenters. The first kappa shape index (κ1) is 16.3. The Morgan fingerprint density at radius 3 is 1.45 bits per heavy atom. The third kappa shape index (κ3) is 2.68. The van der Waals surface area contributed by atoms with Gasteiger partial charge in [-0.05, 0) is 24.3 Å². The van der Waals surface area contributed by atoms with E-state index in [2.05, 4.69) is 0 Å². The highest BCUT2D eigenvalue weighted by molar-refractivity contribution is 7.85. The van der Waals surface area contributed by atoms with Gasteiger partial charge in [-0.2, -0.15) is 0 Å². The summed E-state index contributed by atoms with van der Waals surface area (Å²) in [4.78, 5) is -0.712. The lowest BCUT2D eigenvalue weighted by atomic mass is 10.2. The Labute approximate surface area is 138 Å². The van der Waals surface area contributed by atoms with Crippen molar-refractivity contribution < 1.29 is 24.6 Å². The first-order chi connectivity index (χ1) is 10.4. The molecule has 0 aliphatic heterocycles. The van der Waals surface area contributed by atoms with Crippen molar-refractivity contribution in [3.63, 3.8) is 0 Å². The lowest BCUT2D eigenvalue weighted by Gasteiger charge is -2.12. The number of thiocarbonyl (C=S) groups is 2. The van der Waals surface area contributed by atoms with E-state index < -0.39 is 33.8 Å². The summed E-state index contributed by atoms with van der Waals surface area (Å²) < 4.78 is 12.6. The molecule has 5 nitrogen and oxygen atoms in total. The van der Waals surface area contributed by atoms with Crippen molar-refractivity contribution >= 4 is 46.0 Å². The van der Waals surface area contributed by atoms with Gasteiger partial charge in [0.1, 0.15) is 43.6 Å². The molecule has 0 saturated heterocycles. The second-order valence-corrected chi connectivity index (χ2v) is 6.03. The van der Waals surface area contributed by atoms with Crippen molar-refractivity contribution in [1.29, 1.82) is 0 Å². The predicted octanol–water partition coefficient (Wildman–Crippen LogP) is 2.37. The van der Waals surface area contributed by atoms with Gasteiger partial charge in [-0.1, -0.05) is 24.4 Å². The summed E-state index contributed by atoms with van der Waals surface area (Å²) in [6.07, 6.45) is 0. The van der Waals surface area contributed by atoms with Crippen LogP contribution in [0, 0.1) is 0 Å². The van der Waals surface area contributed by atoms with Gasteiger partial charge < -0.3 is 20.4 Å². The monoisotopic (exact) mass is 354 g/mol. The molecule has 0 spiro atoms. The van der Waals surface area contributed by atoms with E-state index in [1.807, 2.05) is 0 Å². The first-order valence-electron chi connectivity index (χ1n) is 5.84. The molecule has 0 atom stereocenters. The molecule has 0 aromatic heterocycles. The number of benzene rings is 2. The van der Waals surface area contributed by atoms with E-state index in [-0.39, 0.29) is 20.9 Å². The van der Waals surface area contributed by atoms with Crippen LogP contribution in [0.25, 0.3) is 0 Å². The van der Waals surface area contributed by atoms with Crippen molar-refractivity contribution in [2.45, 2.75) is 9.79 Å². The van der Waals surface area contributed by atoms with Crippen molar-refractivity contribution in [3.8, 4) is 23.0 Å². The van der Waals surface area contributed by atoms with Crippen LogP contribution in [0.3, 0.4) is 0 Å². The normalized spacial score (nSPS) is 10.6. The highest BCUT2D eigenvalue weighted by Crippen LogP contribution is 2.41. The highest BCUT2D eigenvalue weighted by Gasteiger charge is 2.25. The second-order valence-electron chi connectivity index (χ2n) is 4.21. The predicted molar refractivity (Wildman–Crippen MR) is 89.7 cm³/mol. The number of hydrogen-bond donors (Lipinski definition) is 4. The summed E-state index contributed by atoms with van der Waals surface area (Å²) >= 11 is 9.44. The quantitative estimate of drug-likeness (QED) is 0.626. The van der Waals surface area contributed by atoms with E-state index in [1.165, 1.54) is 24.3 Å².